The van der Waals surface area contributed by atoms with Crippen molar-refractivity contribution in [3.63, 3.8) is 0 Å². The molecule has 27 heavy (non-hydrogen) atoms. The Labute approximate surface area is 155 Å². The van der Waals surface area contributed by atoms with E-state index in [1.807, 2.05) is 35.1 Å². The Morgan fingerprint density at radius 1 is 0.926 bits per heavy atom. The summed E-state index contributed by atoms with van der Waals surface area (Å²) in [4.78, 5) is 10.9. The first-order valence-electron chi connectivity index (χ1n) is 8.16. The van der Waals surface area contributed by atoms with Gasteiger partial charge >= 0.3 is 6.18 Å². The van der Waals surface area contributed by atoms with Gasteiger partial charge in [0.2, 0.25) is 15.9 Å². The second kappa shape index (κ2) is 9.01. The third kappa shape index (κ3) is 6.37. The second-order valence-corrected chi connectivity index (χ2v) is 7.46. The van der Waals surface area contributed by atoms with E-state index in [2.05, 4.69) is 5.32 Å². The van der Waals surface area contributed by atoms with Crippen LogP contribution in [0.5, 0.6) is 0 Å². The van der Waals surface area contributed by atoms with Gasteiger partial charge in [0, 0.05) is 19.5 Å². The van der Waals surface area contributed by atoms with Crippen molar-refractivity contribution in [1.82, 2.24) is 10.0 Å². The summed E-state index contributed by atoms with van der Waals surface area (Å²) < 4.78 is 65.2. The van der Waals surface area contributed by atoms with Gasteiger partial charge in [-0.1, -0.05) is 42.5 Å². The minimum atomic E-state index is -4.79. The number of rotatable bonds is 8. The lowest BCUT2D eigenvalue weighted by molar-refractivity contribution is -0.139. The molecule has 2 rings (SSSR count). The Morgan fingerprint density at radius 3 is 2.22 bits per heavy atom. The molecule has 2 aromatic rings. The van der Waals surface area contributed by atoms with Crippen molar-refractivity contribution in [2.45, 2.75) is 23.9 Å². The average Bonchev–Trinajstić information content (AvgIpc) is 2.62. The highest BCUT2D eigenvalue weighted by molar-refractivity contribution is 7.89. The van der Waals surface area contributed by atoms with Gasteiger partial charge in [0.25, 0.3) is 0 Å². The van der Waals surface area contributed by atoms with E-state index in [1.54, 1.807) is 0 Å². The van der Waals surface area contributed by atoms with Gasteiger partial charge in [-0.2, -0.15) is 13.2 Å². The molecule has 0 heterocycles. The molecule has 0 aliphatic rings. The highest BCUT2D eigenvalue weighted by Crippen LogP contribution is 2.33. The average molecular weight is 400 g/mol. The molecular formula is C18H19F3N2O3S. The zero-order valence-electron chi connectivity index (χ0n) is 14.3. The molecular weight excluding hydrogens is 381 g/mol. The third-order valence-electron chi connectivity index (χ3n) is 3.70. The summed E-state index contributed by atoms with van der Waals surface area (Å²) in [5.41, 5.74) is -0.202. The van der Waals surface area contributed by atoms with Crippen LogP contribution in [0.3, 0.4) is 0 Å². The van der Waals surface area contributed by atoms with E-state index in [1.165, 1.54) is 6.07 Å². The van der Waals surface area contributed by atoms with Crippen LogP contribution in [-0.2, 0) is 27.4 Å². The van der Waals surface area contributed by atoms with Gasteiger partial charge in [-0.05, 0) is 24.1 Å². The van der Waals surface area contributed by atoms with Crippen LogP contribution in [0.1, 0.15) is 17.5 Å². The van der Waals surface area contributed by atoms with Crippen LogP contribution in [0.25, 0.3) is 0 Å². The van der Waals surface area contributed by atoms with Crippen LogP contribution in [-0.4, -0.2) is 27.4 Å². The fourth-order valence-corrected chi connectivity index (χ4v) is 3.65. The van der Waals surface area contributed by atoms with Crippen LogP contribution in [0.15, 0.2) is 59.5 Å². The number of alkyl halides is 3. The molecule has 0 aliphatic heterocycles. The molecule has 146 valence electrons. The quantitative estimate of drug-likeness (QED) is 0.716. The van der Waals surface area contributed by atoms with Crippen molar-refractivity contribution in [3.8, 4) is 0 Å². The summed E-state index contributed by atoms with van der Waals surface area (Å²) in [7, 11) is -4.38. The van der Waals surface area contributed by atoms with Crippen LogP contribution in [0.4, 0.5) is 13.2 Å². The first-order chi connectivity index (χ1) is 12.7. The molecule has 2 N–H and O–H groups in total. The van der Waals surface area contributed by atoms with E-state index in [0.717, 1.165) is 17.7 Å². The van der Waals surface area contributed by atoms with Crippen LogP contribution in [0.2, 0.25) is 0 Å². The molecule has 0 saturated heterocycles. The first kappa shape index (κ1) is 20.9. The van der Waals surface area contributed by atoms with Gasteiger partial charge in [0.05, 0.1) is 10.5 Å². The van der Waals surface area contributed by atoms with Crippen molar-refractivity contribution in [3.05, 3.63) is 65.7 Å². The number of sulfonamides is 1. The number of carbonyl (C=O) groups excluding carboxylic acids is 1. The zero-order chi connectivity index (χ0) is 19.9. The SMILES string of the molecule is O=C(CCNS(=O)(=O)c1ccccc1C(F)(F)F)NCCc1ccccc1. The zero-order valence-corrected chi connectivity index (χ0v) is 15.1. The summed E-state index contributed by atoms with van der Waals surface area (Å²) >= 11 is 0. The Morgan fingerprint density at radius 2 is 1.56 bits per heavy atom. The first-order valence-corrected chi connectivity index (χ1v) is 9.65. The Hall–Kier alpha value is -2.39. The fourth-order valence-electron chi connectivity index (χ4n) is 2.39. The Bertz CT molecular complexity index is 869. The van der Waals surface area contributed by atoms with Crippen molar-refractivity contribution in [1.29, 1.82) is 0 Å². The van der Waals surface area contributed by atoms with Gasteiger partial charge in [-0.15, -0.1) is 0 Å². The van der Waals surface area contributed by atoms with Gasteiger partial charge in [-0.3, -0.25) is 4.79 Å². The molecule has 0 saturated carbocycles. The van der Waals surface area contributed by atoms with Crippen molar-refractivity contribution in [2.24, 2.45) is 0 Å². The van der Waals surface area contributed by atoms with E-state index in [-0.39, 0.29) is 13.0 Å². The molecule has 0 fully saturated rings. The van der Waals surface area contributed by atoms with E-state index in [0.29, 0.717) is 19.0 Å². The maximum absolute atomic E-state index is 13.0. The highest BCUT2D eigenvalue weighted by Gasteiger charge is 2.36. The van der Waals surface area contributed by atoms with Crippen molar-refractivity contribution >= 4 is 15.9 Å². The lowest BCUT2D eigenvalue weighted by atomic mass is 10.1. The topological polar surface area (TPSA) is 75.3 Å². The van der Waals surface area contributed by atoms with E-state index in [4.69, 9.17) is 0 Å². The lowest BCUT2D eigenvalue weighted by Crippen LogP contribution is -2.32. The van der Waals surface area contributed by atoms with Gasteiger partial charge in [-0.25, -0.2) is 13.1 Å². The summed E-state index contributed by atoms with van der Waals surface area (Å²) in [5.74, 6) is -0.391. The smallest absolute Gasteiger partial charge is 0.356 e. The number of hydrogen-bond acceptors (Lipinski definition) is 3. The molecule has 0 unspecified atom stereocenters. The number of benzene rings is 2. The van der Waals surface area contributed by atoms with E-state index < -0.39 is 32.6 Å². The predicted molar refractivity (Wildman–Crippen MR) is 94.4 cm³/mol. The van der Waals surface area contributed by atoms with Gasteiger partial charge in [0.1, 0.15) is 0 Å². The minimum absolute atomic E-state index is 0.178. The maximum Gasteiger partial charge on any atom is 0.417 e. The largest absolute Gasteiger partial charge is 0.417 e. The van der Waals surface area contributed by atoms with Gasteiger partial charge < -0.3 is 5.32 Å². The summed E-state index contributed by atoms with van der Waals surface area (Å²) in [6.07, 6.45) is -4.35. The fraction of sp³-hybridized carbons (Fsp3) is 0.278. The van der Waals surface area contributed by atoms with E-state index >= 15 is 0 Å². The number of carbonyl (C=O) groups is 1. The van der Waals surface area contributed by atoms with Crippen molar-refractivity contribution in [2.75, 3.05) is 13.1 Å². The maximum atomic E-state index is 13.0. The number of hydrogen-bond donors (Lipinski definition) is 2. The number of nitrogens with one attached hydrogen (secondary N) is 2. The predicted octanol–water partition coefficient (Wildman–Crippen LogP) is 2.73. The monoisotopic (exact) mass is 400 g/mol. The molecule has 0 radical (unpaired) electrons. The minimum Gasteiger partial charge on any atom is -0.356 e. The molecule has 5 nitrogen and oxygen atoms in total. The molecule has 0 aromatic heterocycles. The summed E-state index contributed by atoms with van der Waals surface area (Å²) in [6, 6.07) is 13.4. The molecule has 0 aliphatic carbocycles. The molecule has 1 amide bonds. The van der Waals surface area contributed by atoms with Gasteiger partial charge in [0.15, 0.2) is 0 Å². The number of amides is 1. The van der Waals surface area contributed by atoms with Crippen LogP contribution in [0, 0.1) is 0 Å². The third-order valence-corrected chi connectivity index (χ3v) is 5.22. The molecule has 9 heteroatoms. The Kier molecular flexibility index (Phi) is 6.98. The summed E-state index contributed by atoms with van der Waals surface area (Å²) in [5, 5.41) is 2.64. The molecule has 0 bridgehead atoms. The normalized spacial score (nSPS) is 12.0. The highest BCUT2D eigenvalue weighted by atomic mass is 32.2. The number of halogens is 3. The lowest BCUT2D eigenvalue weighted by Gasteiger charge is -2.13. The standard InChI is InChI=1S/C18H19F3N2O3S/c19-18(20,21)15-8-4-5-9-16(15)27(25,26)23-13-11-17(24)22-12-10-14-6-2-1-3-7-14/h1-9,23H,10-13H2,(H,22,24). The summed E-state index contributed by atoms with van der Waals surface area (Å²) in [6.45, 7) is 0.0815. The van der Waals surface area contributed by atoms with Crippen LogP contribution < -0.4 is 10.0 Å². The second-order valence-electron chi connectivity index (χ2n) is 5.73. The Balaban J connectivity index is 1.85. The molecule has 0 spiro atoms. The molecule has 2 aromatic carbocycles. The van der Waals surface area contributed by atoms with E-state index in [9.17, 15) is 26.4 Å². The van der Waals surface area contributed by atoms with Crippen molar-refractivity contribution < 1.29 is 26.4 Å². The molecule has 0 atom stereocenters. The van der Waals surface area contributed by atoms with Crippen LogP contribution >= 0.6 is 0 Å².